The number of methoxy groups -OCH3 is 1. The van der Waals surface area contributed by atoms with Crippen molar-refractivity contribution in [2.45, 2.75) is 38.6 Å². The number of carbonyl (C=O) groups is 1. The first kappa shape index (κ1) is 18.2. The number of nitrogens with zero attached hydrogens (tertiary/aromatic N) is 1. The predicted octanol–water partition coefficient (Wildman–Crippen LogP) is 2.19. The van der Waals surface area contributed by atoms with Crippen molar-refractivity contribution < 1.29 is 14.6 Å². The van der Waals surface area contributed by atoms with Crippen molar-refractivity contribution in [3.05, 3.63) is 29.8 Å². The number of hydrogen-bond acceptors (Lipinski definition) is 4. The van der Waals surface area contributed by atoms with Gasteiger partial charge in [0.15, 0.2) is 0 Å². The highest BCUT2D eigenvalue weighted by molar-refractivity contribution is 5.78. The van der Waals surface area contributed by atoms with Crippen molar-refractivity contribution in [3.8, 4) is 5.75 Å². The second kappa shape index (κ2) is 8.19. The predicted molar refractivity (Wildman–Crippen MR) is 97.4 cm³/mol. The molecule has 1 aliphatic heterocycles. The summed E-state index contributed by atoms with van der Waals surface area (Å²) in [7, 11) is 1.64. The van der Waals surface area contributed by atoms with Crippen molar-refractivity contribution in [1.29, 1.82) is 0 Å². The van der Waals surface area contributed by atoms with Gasteiger partial charge in [-0.1, -0.05) is 31.0 Å². The average Bonchev–Trinajstić information content (AvgIpc) is 3.44. The van der Waals surface area contributed by atoms with E-state index in [1.165, 1.54) is 12.8 Å². The van der Waals surface area contributed by atoms with Crippen LogP contribution in [0.25, 0.3) is 0 Å². The molecule has 3 rings (SSSR count). The topological polar surface area (TPSA) is 61.8 Å². The maximum Gasteiger partial charge on any atom is 0.234 e. The molecule has 1 amide bonds. The molecule has 1 aromatic rings. The molecule has 1 saturated heterocycles. The van der Waals surface area contributed by atoms with Crippen molar-refractivity contribution in [2.24, 2.45) is 11.3 Å². The average molecular weight is 346 g/mol. The van der Waals surface area contributed by atoms with Gasteiger partial charge >= 0.3 is 0 Å². The largest absolute Gasteiger partial charge is 0.496 e. The molecule has 2 fully saturated rings. The minimum atomic E-state index is 0.00233. The number of aliphatic hydroxyl groups excluding tert-OH is 1. The van der Waals surface area contributed by atoms with Gasteiger partial charge in [-0.15, -0.1) is 0 Å². The van der Waals surface area contributed by atoms with Crippen LogP contribution in [-0.2, 0) is 11.3 Å². The van der Waals surface area contributed by atoms with E-state index in [1.807, 2.05) is 24.3 Å². The van der Waals surface area contributed by atoms with E-state index in [9.17, 15) is 9.90 Å². The Hall–Kier alpha value is -1.59. The summed E-state index contributed by atoms with van der Waals surface area (Å²) < 4.78 is 5.32. The molecule has 5 heteroatoms. The van der Waals surface area contributed by atoms with Gasteiger partial charge in [0, 0.05) is 30.7 Å². The summed E-state index contributed by atoms with van der Waals surface area (Å²) in [6, 6.07) is 7.74. The number of likely N-dealkylation sites (tertiary alicyclic amines) is 1. The summed E-state index contributed by atoms with van der Waals surface area (Å²) in [6.45, 7) is 2.89. The van der Waals surface area contributed by atoms with Crippen LogP contribution in [0, 0.1) is 11.3 Å². The summed E-state index contributed by atoms with van der Waals surface area (Å²) in [6.07, 6.45) is 5.87. The number of amides is 1. The molecule has 1 heterocycles. The van der Waals surface area contributed by atoms with Crippen LogP contribution in [-0.4, -0.2) is 49.3 Å². The Morgan fingerprint density at radius 1 is 1.40 bits per heavy atom. The molecule has 2 N–H and O–H groups in total. The van der Waals surface area contributed by atoms with Gasteiger partial charge in [-0.05, 0) is 37.8 Å². The Morgan fingerprint density at radius 2 is 2.20 bits per heavy atom. The third-order valence-electron chi connectivity index (χ3n) is 5.53. The summed E-state index contributed by atoms with van der Waals surface area (Å²) in [5, 5.41) is 12.9. The summed E-state index contributed by atoms with van der Waals surface area (Å²) in [5.41, 5.74) is 0.984. The van der Waals surface area contributed by atoms with Crippen molar-refractivity contribution in [2.75, 3.05) is 33.4 Å². The van der Waals surface area contributed by atoms with Crippen LogP contribution in [0.2, 0.25) is 0 Å². The molecule has 0 unspecified atom stereocenters. The van der Waals surface area contributed by atoms with Crippen LogP contribution in [0.4, 0.5) is 0 Å². The fraction of sp³-hybridized carbons (Fsp3) is 0.650. The van der Waals surface area contributed by atoms with Crippen molar-refractivity contribution in [1.82, 2.24) is 10.2 Å². The summed E-state index contributed by atoms with van der Waals surface area (Å²) in [5.74, 6) is 1.63. The van der Waals surface area contributed by atoms with Crippen LogP contribution in [0.5, 0.6) is 5.75 Å². The first-order valence-corrected chi connectivity index (χ1v) is 9.36. The van der Waals surface area contributed by atoms with Crippen LogP contribution < -0.4 is 10.1 Å². The van der Waals surface area contributed by atoms with E-state index >= 15 is 0 Å². The fourth-order valence-electron chi connectivity index (χ4n) is 4.04. The van der Waals surface area contributed by atoms with E-state index in [0.717, 1.165) is 49.6 Å². The van der Waals surface area contributed by atoms with Crippen molar-refractivity contribution in [3.63, 3.8) is 0 Å². The first-order chi connectivity index (χ1) is 12.1. The number of ether oxygens (including phenoxy) is 1. The molecule has 0 radical (unpaired) electrons. The zero-order valence-corrected chi connectivity index (χ0v) is 15.2. The second-order valence-corrected chi connectivity index (χ2v) is 7.71. The van der Waals surface area contributed by atoms with E-state index in [-0.39, 0.29) is 17.9 Å². The number of nitrogens with one attached hydrogen (secondary N) is 1. The molecule has 1 aliphatic carbocycles. The highest BCUT2D eigenvalue weighted by Crippen LogP contribution is 2.44. The quantitative estimate of drug-likeness (QED) is 0.757. The number of rotatable bonds is 8. The maximum absolute atomic E-state index is 12.4. The Balaban J connectivity index is 1.50. The molecule has 5 nitrogen and oxygen atoms in total. The molecule has 25 heavy (non-hydrogen) atoms. The Bertz CT molecular complexity index is 588. The monoisotopic (exact) mass is 346 g/mol. The number of piperidine rings is 1. The van der Waals surface area contributed by atoms with Crippen LogP contribution in [0.15, 0.2) is 24.3 Å². The summed E-state index contributed by atoms with van der Waals surface area (Å²) >= 11 is 0. The van der Waals surface area contributed by atoms with Gasteiger partial charge in [0.2, 0.25) is 5.91 Å². The number of hydrogen-bond donors (Lipinski definition) is 2. The number of para-hydroxylation sites is 1. The Kier molecular flexibility index (Phi) is 5.97. The van der Waals surface area contributed by atoms with Gasteiger partial charge in [-0.3, -0.25) is 9.69 Å². The molecular weight excluding hydrogens is 316 g/mol. The lowest BCUT2D eigenvalue weighted by Gasteiger charge is -2.42. The highest BCUT2D eigenvalue weighted by atomic mass is 16.5. The SMILES string of the molecule is COc1ccccc1CNC(=O)CN1CCC[C@@](CO)(CC2CC2)C1. The van der Waals surface area contributed by atoms with Gasteiger partial charge in [-0.25, -0.2) is 0 Å². The number of carbonyl (C=O) groups excluding carboxylic acids is 1. The smallest absolute Gasteiger partial charge is 0.234 e. The third-order valence-corrected chi connectivity index (χ3v) is 5.53. The van der Waals surface area contributed by atoms with Gasteiger partial charge in [0.25, 0.3) is 0 Å². The van der Waals surface area contributed by atoms with Crippen LogP contribution in [0.1, 0.15) is 37.7 Å². The van der Waals surface area contributed by atoms with E-state index in [4.69, 9.17) is 4.74 Å². The Labute approximate surface area is 150 Å². The van der Waals surface area contributed by atoms with E-state index in [1.54, 1.807) is 7.11 Å². The standard InChI is InChI=1S/C20H30N2O3/c1-25-18-6-3-2-5-17(18)12-21-19(24)13-22-10-4-9-20(14-22,15-23)11-16-7-8-16/h2-3,5-6,16,23H,4,7-15H2,1H3,(H,21,24)/t20-/m1/s1. The molecule has 2 aliphatic rings. The summed E-state index contributed by atoms with van der Waals surface area (Å²) in [4.78, 5) is 14.6. The molecule has 1 atom stereocenters. The minimum absolute atomic E-state index is 0.00233. The molecule has 0 aromatic heterocycles. The lowest BCUT2D eigenvalue weighted by molar-refractivity contribution is -0.123. The number of aliphatic hydroxyl groups is 1. The molecule has 0 bridgehead atoms. The minimum Gasteiger partial charge on any atom is -0.496 e. The Morgan fingerprint density at radius 3 is 2.92 bits per heavy atom. The zero-order chi connectivity index (χ0) is 17.7. The zero-order valence-electron chi connectivity index (χ0n) is 15.2. The molecular formula is C20H30N2O3. The lowest BCUT2D eigenvalue weighted by Crippen LogP contribution is -2.48. The van der Waals surface area contributed by atoms with E-state index in [2.05, 4.69) is 10.2 Å². The van der Waals surface area contributed by atoms with E-state index < -0.39 is 0 Å². The lowest BCUT2D eigenvalue weighted by atomic mass is 9.76. The molecule has 1 saturated carbocycles. The van der Waals surface area contributed by atoms with Gasteiger partial charge in [0.05, 0.1) is 13.7 Å². The number of benzene rings is 1. The van der Waals surface area contributed by atoms with E-state index in [0.29, 0.717) is 13.1 Å². The maximum atomic E-state index is 12.4. The van der Waals surface area contributed by atoms with Gasteiger partial charge < -0.3 is 15.2 Å². The molecule has 138 valence electrons. The van der Waals surface area contributed by atoms with Gasteiger partial charge in [-0.2, -0.15) is 0 Å². The van der Waals surface area contributed by atoms with Crippen LogP contribution in [0.3, 0.4) is 0 Å². The first-order valence-electron chi connectivity index (χ1n) is 9.36. The molecule has 1 aromatic carbocycles. The third kappa shape index (κ3) is 4.95. The molecule has 0 spiro atoms. The fourth-order valence-corrected chi connectivity index (χ4v) is 4.04. The van der Waals surface area contributed by atoms with Crippen LogP contribution >= 0.6 is 0 Å². The normalized spacial score (nSPS) is 24.1. The second-order valence-electron chi connectivity index (χ2n) is 7.71. The van der Waals surface area contributed by atoms with Gasteiger partial charge in [0.1, 0.15) is 5.75 Å². The van der Waals surface area contributed by atoms with Crippen molar-refractivity contribution >= 4 is 5.91 Å². The highest BCUT2D eigenvalue weighted by Gasteiger charge is 2.40.